The van der Waals surface area contributed by atoms with Crippen LogP contribution in [0.5, 0.6) is 0 Å². The van der Waals surface area contributed by atoms with Gasteiger partial charge in [0.15, 0.2) is 0 Å². The van der Waals surface area contributed by atoms with Crippen LogP contribution in [0.3, 0.4) is 0 Å². The first-order chi connectivity index (χ1) is 8.10. The topological polar surface area (TPSA) is 38.5 Å². The number of hydrogen-bond acceptors (Lipinski definition) is 3. The lowest BCUT2D eigenvalue weighted by Gasteiger charge is -2.27. The van der Waals surface area contributed by atoms with Crippen LogP contribution in [0.15, 0.2) is 18.2 Å². The van der Waals surface area contributed by atoms with Crippen molar-refractivity contribution in [1.29, 1.82) is 0 Å². The predicted molar refractivity (Wildman–Crippen MR) is 67.7 cm³/mol. The molecule has 17 heavy (non-hydrogen) atoms. The number of ether oxygens (including phenoxy) is 1. The highest BCUT2D eigenvalue weighted by Crippen LogP contribution is 2.23. The third kappa shape index (κ3) is 3.92. The van der Waals surface area contributed by atoms with Crippen LogP contribution in [0.25, 0.3) is 0 Å². The Labute approximate surface area is 106 Å². The lowest BCUT2D eigenvalue weighted by Crippen LogP contribution is -2.33. The Morgan fingerprint density at radius 3 is 2.76 bits per heavy atom. The molecule has 96 valence electrons. The zero-order valence-corrected chi connectivity index (χ0v) is 10.9. The van der Waals surface area contributed by atoms with Crippen molar-refractivity contribution in [3.05, 3.63) is 34.6 Å². The number of methoxy groups -OCH3 is 1. The van der Waals surface area contributed by atoms with E-state index in [1.807, 2.05) is 11.9 Å². The zero-order chi connectivity index (χ0) is 12.8. The van der Waals surface area contributed by atoms with Gasteiger partial charge in [0.25, 0.3) is 0 Å². The molecule has 0 aromatic heterocycles. The Morgan fingerprint density at radius 1 is 1.53 bits per heavy atom. The van der Waals surface area contributed by atoms with Crippen LogP contribution in [0.1, 0.15) is 11.6 Å². The standard InChI is InChI=1S/C12H18ClFN2O/c1-16(5-6-17-2)12(8-15)10-4-3-9(13)7-11(10)14/h3-4,7,12H,5-6,8,15H2,1-2H3. The van der Waals surface area contributed by atoms with E-state index in [4.69, 9.17) is 22.1 Å². The van der Waals surface area contributed by atoms with Gasteiger partial charge in [-0.25, -0.2) is 4.39 Å². The summed E-state index contributed by atoms with van der Waals surface area (Å²) >= 11 is 5.72. The van der Waals surface area contributed by atoms with Crippen molar-refractivity contribution in [2.24, 2.45) is 5.73 Å². The van der Waals surface area contributed by atoms with Gasteiger partial charge >= 0.3 is 0 Å². The van der Waals surface area contributed by atoms with Crippen LogP contribution >= 0.6 is 11.6 Å². The van der Waals surface area contributed by atoms with Crippen molar-refractivity contribution in [2.45, 2.75) is 6.04 Å². The summed E-state index contributed by atoms with van der Waals surface area (Å²) < 4.78 is 18.8. The van der Waals surface area contributed by atoms with Gasteiger partial charge < -0.3 is 10.5 Å². The van der Waals surface area contributed by atoms with Gasteiger partial charge in [-0.1, -0.05) is 17.7 Å². The second kappa shape index (κ2) is 6.91. The molecule has 0 heterocycles. The second-order valence-corrected chi connectivity index (χ2v) is 4.33. The van der Waals surface area contributed by atoms with Crippen molar-refractivity contribution < 1.29 is 9.13 Å². The Hall–Kier alpha value is -0.680. The van der Waals surface area contributed by atoms with Crippen molar-refractivity contribution in [3.8, 4) is 0 Å². The van der Waals surface area contributed by atoms with Crippen molar-refractivity contribution in [1.82, 2.24) is 4.90 Å². The second-order valence-electron chi connectivity index (χ2n) is 3.89. The maximum atomic E-state index is 13.8. The van der Waals surface area contributed by atoms with Crippen LogP contribution < -0.4 is 5.73 Å². The minimum absolute atomic E-state index is 0.164. The first-order valence-corrected chi connectivity index (χ1v) is 5.82. The molecule has 0 radical (unpaired) electrons. The zero-order valence-electron chi connectivity index (χ0n) is 10.1. The molecule has 1 atom stereocenters. The number of hydrogen-bond donors (Lipinski definition) is 1. The van der Waals surface area contributed by atoms with Gasteiger partial charge in [0.1, 0.15) is 5.82 Å². The highest BCUT2D eigenvalue weighted by Gasteiger charge is 2.18. The summed E-state index contributed by atoms with van der Waals surface area (Å²) in [5.74, 6) is -0.322. The molecule has 0 aliphatic heterocycles. The molecule has 2 N–H and O–H groups in total. The third-order valence-corrected chi connectivity index (χ3v) is 2.96. The number of nitrogens with two attached hydrogens (primary N) is 1. The van der Waals surface area contributed by atoms with Crippen molar-refractivity contribution in [2.75, 3.05) is 33.9 Å². The van der Waals surface area contributed by atoms with E-state index < -0.39 is 0 Å². The minimum Gasteiger partial charge on any atom is -0.383 e. The fourth-order valence-electron chi connectivity index (χ4n) is 1.71. The molecule has 0 amide bonds. The predicted octanol–water partition coefficient (Wildman–Crippen LogP) is 2.06. The van der Waals surface area contributed by atoms with E-state index in [1.54, 1.807) is 19.2 Å². The highest BCUT2D eigenvalue weighted by atomic mass is 35.5. The summed E-state index contributed by atoms with van der Waals surface area (Å²) in [6.45, 7) is 1.63. The molecule has 1 aromatic rings. The van der Waals surface area contributed by atoms with Gasteiger partial charge in [0.05, 0.1) is 6.61 Å². The maximum Gasteiger partial charge on any atom is 0.129 e. The van der Waals surface area contributed by atoms with E-state index in [-0.39, 0.29) is 11.9 Å². The van der Waals surface area contributed by atoms with E-state index in [0.29, 0.717) is 30.3 Å². The van der Waals surface area contributed by atoms with Gasteiger partial charge in [-0.05, 0) is 19.2 Å². The normalized spacial score (nSPS) is 13.1. The van der Waals surface area contributed by atoms with E-state index in [0.717, 1.165) is 0 Å². The molecule has 0 saturated carbocycles. The fraction of sp³-hybridized carbons (Fsp3) is 0.500. The van der Waals surface area contributed by atoms with E-state index in [1.165, 1.54) is 6.07 Å². The van der Waals surface area contributed by atoms with Gasteiger partial charge in [-0.15, -0.1) is 0 Å². The van der Waals surface area contributed by atoms with E-state index >= 15 is 0 Å². The average Bonchev–Trinajstić information content (AvgIpc) is 2.30. The molecular weight excluding hydrogens is 243 g/mol. The summed E-state index contributed by atoms with van der Waals surface area (Å²) in [7, 11) is 3.53. The van der Waals surface area contributed by atoms with Crippen LogP contribution in [-0.4, -0.2) is 38.8 Å². The molecule has 0 fully saturated rings. The molecule has 0 aliphatic carbocycles. The van der Waals surface area contributed by atoms with Crippen LogP contribution in [0.2, 0.25) is 5.02 Å². The number of rotatable bonds is 6. The van der Waals surface area contributed by atoms with Gasteiger partial charge in [-0.2, -0.15) is 0 Å². The molecule has 1 unspecified atom stereocenters. The highest BCUT2D eigenvalue weighted by molar-refractivity contribution is 6.30. The van der Waals surface area contributed by atoms with Crippen LogP contribution in [-0.2, 0) is 4.74 Å². The number of halogens is 2. The molecule has 1 rings (SSSR count). The maximum absolute atomic E-state index is 13.8. The lowest BCUT2D eigenvalue weighted by atomic mass is 10.1. The largest absolute Gasteiger partial charge is 0.383 e. The van der Waals surface area contributed by atoms with Crippen molar-refractivity contribution in [3.63, 3.8) is 0 Å². The molecule has 3 nitrogen and oxygen atoms in total. The van der Waals surface area contributed by atoms with Crippen LogP contribution in [0.4, 0.5) is 4.39 Å². The molecule has 0 aliphatic rings. The molecule has 0 saturated heterocycles. The SMILES string of the molecule is COCCN(C)C(CN)c1ccc(Cl)cc1F. The Balaban J connectivity index is 2.85. The molecule has 0 bridgehead atoms. The lowest BCUT2D eigenvalue weighted by molar-refractivity contribution is 0.139. The van der Waals surface area contributed by atoms with Gasteiger partial charge in [-0.3, -0.25) is 4.90 Å². The van der Waals surface area contributed by atoms with E-state index in [2.05, 4.69) is 0 Å². The van der Waals surface area contributed by atoms with E-state index in [9.17, 15) is 4.39 Å². The van der Waals surface area contributed by atoms with Gasteiger partial charge in [0.2, 0.25) is 0 Å². The monoisotopic (exact) mass is 260 g/mol. The number of likely N-dealkylation sites (N-methyl/N-ethyl adjacent to an activating group) is 1. The Kier molecular flexibility index (Phi) is 5.85. The molecule has 5 heteroatoms. The van der Waals surface area contributed by atoms with Gasteiger partial charge in [0, 0.05) is 36.8 Å². The first kappa shape index (κ1) is 14.4. The molecule has 1 aromatic carbocycles. The van der Waals surface area contributed by atoms with Crippen molar-refractivity contribution >= 4 is 11.6 Å². The quantitative estimate of drug-likeness (QED) is 0.851. The summed E-state index contributed by atoms with van der Waals surface area (Å²) in [5, 5.41) is 0.390. The van der Waals surface area contributed by atoms with Crippen LogP contribution in [0, 0.1) is 5.82 Å². The molecular formula is C12H18ClFN2O. The molecule has 0 spiro atoms. The summed E-state index contributed by atoms with van der Waals surface area (Å²) in [6.07, 6.45) is 0. The minimum atomic E-state index is -0.322. The first-order valence-electron chi connectivity index (χ1n) is 5.44. The Bertz CT molecular complexity index is 362. The Morgan fingerprint density at radius 2 is 2.24 bits per heavy atom. The summed E-state index contributed by atoms with van der Waals surface area (Å²) in [4.78, 5) is 1.97. The smallest absolute Gasteiger partial charge is 0.129 e. The fourth-order valence-corrected chi connectivity index (χ4v) is 1.87. The number of benzene rings is 1. The third-order valence-electron chi connectivity index (χ3n) is 2.72. The summed E-state index contributed by atoms with van der Waals surface area (Å²) in [6, 6.07) is 4.50. The average molecular weight is 261 g/mol. The number of nitrogens with zero attached hydrogens (tertiary/aromatic N) is 1. The summed E-state index contributed by atoms with van der Waals surface area (Å²) in [5.41, 5.74) is 6.27.